The van der Waals surface area contributed by atoms with E-state index < -0.39 is 27.5 Å². The maximum absolute atomic E-state index is 15.1. The molecule has 2 aromatic rings. The SMILES string of the molecule is CC1=C(C(=O)OCCN(C)Cc2ccccc2)C(c2c(F)cccc2Cl)C2=C(COCCS2(=O)=O)N1. The molecule has 0 saturated carbocycles. The Morgan fingerprint density at radius 1 is 1.22 bits per heavy atom. The number of likely N-dealkylation sites (N-methyl/N-ethyl adjacent to an activating group) is 1. The van der Waals surface area contributed by atoms with Gasteiger partial charge in [-0.2, -0.15) is 0 Å². The van der Waals surface area contributed by atoms with Crippen LogP contribution in [0.2, 0.25) is 5.02 Å². The molecule has 0 radical (unpaired) electrons. The summed E-state index contributed by atoms with van der Waals surface area (Å²) in [7, 11) is -1.99. The fraction of sp³-hybridized carbons (Fsp3) is 0.346. The van der Waals surface area contributed by atoms with Crippen LogP contribution in [0.25, 0.3) is 0 Å². The average Bonchev–Trinajstić information content (AvgIpc) is 2.96. The molecule has 36 heavy (non-hydrogen) atoms. The van der Waals surface area contributed by atoms with E-state index in [9.17, 15) is 13.2 Å². The van der Waals surface area contributed by atoms with E-state index in [-0.39, 0.29) is 52.3 Å². The van der Waals surface area contributed by atoms with Gasteiger partial charge in [0.05, 0.1) is 41.1 Å². The van der Waals surface area contributed by atoms with Gasteiger partial charge in [0.25, 0.3) is 0 Å². The van der Waals surface area contributed by atoms with Gasteiger partial charge in [-0.3, -0.25) is 4.90 Å². The number of nitrogens with zero attached hydrogens (tertiary/aromatic N) is 1. The summed E-state index contributed by atoms with van der Waals surface area (Å²) in [4.78, 5) is 15.3. The highest BCUT2D eigenvalue weighted by Crippen LogP contribution is 2.45. The van der Waals surface area contributed by atoms with Gasteiger partial charge in [-0.1, -0.05) is 48.0 Å². The standard InChI is InChI=1S/C26H28ClFN2O5S/c1-17-22(26(31)35-12-11-30(2)15-18-7-4-3-5-8-18)24(23-19(27)9-6-10-20(23)28)25-21(29-17)16-34-13-14-36(25,32)33/h3-10,24,29H,11-16H2,1-2H3. The predicted octanol–water partition coefficient (Wildman–Crippen LogP) is 3.77. The van der Waals surface area contributed by atoms with Crippen LogP contribution in [0.1, 0.15) is 24.0 Å². The van der Waals surface area contributed by atoms with E-state index in [1.807, 2.05) is 42.3 Å². The molecular weight excluding hydrogens is 507 g/mol. The third-order valence-corrected chi connectivity index (χ3v) is 8.36. The number of esters is 1. The van der Waals surface area contributed by atoms with Gasteiger partial charge in [0, 0.05) is 29.4 Å². The number of hydrogen-bond donors (Lipinski definition) is 1. The van der Waals surface area contributed by atoms with Gasteiger partial charge in [-0.25, -0.2) is 17.6 Å². The Kier molecular flexibility index (Phi) is 8.14. The molecular formula is C26H28ClFN2O5S. The van der Waals surface area contributed by atoms with Gasteiger partial charge >= 0.3 is 5.97 Å². The lowest BCUT2D eigenvalue weighted by Gasteiger charge is -2.31. The molecule has 192 valence electrons. The summed E-state index contributed by atoms with van der Waals surface area (Å²) in [6.45, 7) is 2.79. The first-order chi connectivity index (χ1) is 17.2. The second-order valence-corrected chi connectivity index (χ2v) is 11.3. The molecule has 2 aromatic carbocycles. The number of nitrogens with one attached hydrogen (secondary N) is 1. The van der Waals surface area contributed by atoms with Crippen molar-refractivity contribution in [1.29, 1.82) is 0 Å². The molecule has 0 spiro atoms. The minimum absolute atomic E-state index is 0.0111. The zero-order chi connectivity index (χ0) is 25.9. The number of dihydropyridines is 1. The number of carbonyl (C=O) groups is 1. The first-order valence-electron chi connectivity index (χ1n) is 11.5. The maximum Gasteiger partial charge on any atom is 0.336 e. The van der Waals surface area contributed by atoms with E-state index in [1.165, 1.54) is 18.2 Å². The van der Waals surface area contributed by atoms with Crippen LogP contribution >= 0.6 is 11.6 Å². The molecule has 4 rings (SSSR count). The zero-order valence-corrected chi connectivity index (χ0v) is 21.7. The zero-order valence-electron chi connectivity index (χ0n) is 20.1. The van der Waals surface area contributed by atoms with Crippen molar-refractivity contribution in [3.05, 3.63) is 92.4 Å². The monoisotopic (exact) mass is 534 g/mol. The molecule has 0 saturated heterocycles. The minimum atomic E-state index is -3.89. The smallest absolute Gasteiger partial charge is 0.336 e. The molecule has 0 fully saturated rings. The van der Waals surface area contributed by atoms with Crippen molar-refractivity contribution in [3.8, 4) is 0 Å². The number of allylic oxidation sites excluding steroid dienone is 2. The predicted molar refractivity (Wildman–Crippen MR) is 135 cm³/mol. The lowest BCUT2D eigenvalue weighted by molar-refractivity contribution is -0.139. The second kappa shape index (κ2) is 11.1. The van der Waals surface area contributed by atoms with E-state index in [4.69, 9.17) is 21.1 Å². The fourth-order valence-electron chi connectivity index (χ4n) is 4.48. The van der Waals surface area contributed by atoms with Crippen molar-refractivity contribution in [1.82, 2.24) is 10.2 Å². The largest absolute Gasteiger partial charge is 0.461 e. The molecule has 2 heterocycles. The van der Waals surface area contributed by atoms with Crippen LogP contribution in [0.4, 0.5) is 4.39 Å². The van der Waals surface area contributed by atoms with Crippen molar-refractivity contribution in [2.45, 2.75) is 19.4 Å². The Morgan fingerprint density at radius 3 is 2.69 bits per heavy atom. The van der Waals surface area contributed by atoms with E-state index in [0.717, 1.165) is 5.56 Å². The third kappa shape index (κ3) is 5.64. The lowest BCUT2D eigenvalue weighted by Crippen LogP contribution is -2.34. The molecule has 1 unspecified atom stereocenters. The van der Waals surface area contributed by atoms with E-state index in [0.29, 0.717) is 18.8 Å². The van der Waals surface area contributed by atoms with Crippen molar-refractivity contribution < 1.29 is 27.1 Å². The molecule has 1 atom stereocenters. The van der Waals surface area contributed by atoms with Gasteiger partial charge in [-0.05, 0) is 31.7 Å². The molecule has 0 bridgehead atoms. The number of carbonyl (C=O) groups excluding carboxylic acids is 1. The van der Waals surface area contributed by atoms with Crippen LogP contribution in [0.3, 0.4) is 0 Å². The lowest BCUT2D eigenvalue weighted by atomic mass is 9.86. The fourth-order valence-corrected chi connectivity index (χ4v) is 6.39. The number of hydrogen-bond acceptors (Lipinski definition) is 7. The van der Waals surface area contributed by atoms with Gasteiger partial charge in [-0.15, -0.1) is 0 Å². The van der Waals surface area contributed by atoms with Crippen LogP contribution in [0.15, 0.2) is 70.4 Å². The van der Waals surface area contributed by atoms with Crippen LogP contribution in [0.5, 0.6) is 0 Å². The normalized spacial score (nSPS) is 19.5. The van der Waals surface area contributed by atoms with Gasteiger partial charge in [0.2, 0.25) is 0 Å². The summed E-state index contributed by atoms with van der Waals surface area (Å²) in [5, 5.41) is 3.02. The molecule has 1 N–H and O–H groups in total. The van der Waals surface area contributed by atoms with Crippen molar-refractivity contribution in [3.63, 3.8) is 0 Å². The summed E-state index contributed by atoms with van der Waals surface area (Å²) < 4.78 is 52.7. The van der Waals surface area contributed by atoms with Crippen LogP contribution < -0.4 is 5.32 Å². The first kappa shape index (κ1) is 26.3. The number of rotatable bonds is 7. The summed E-state index contributed by atoms with van der Waals surface area (Å²) >= 11 is 6.38. The average molecular weight is 535 g/mol. The highest BCUT2D eigenvalue weighted by molar-refractivity contribution is 7.95. The summed E-state index contributed by atoms with van der Waals surface area (Å²) in [6.07, 6.45) is 0. The molecule has 2 aliphatic heterocycles. The second-order valence-electron chi connectivity index (χ2n) is 8.81. The molecule has 0 aromatic heterocycles. The summed E-state index contributed by atoms with van der Waals surface area (Å²) in [6, 6.07) is 14.0. The number of ether oxygens (including phenoxy) is 2. The van der Waals surface area contributed by atoms with Gasteiger partial charge in [0.15, 0.2) is 9.84 Å². The molecule has 0 aliphatic carbocycles. The minimum Gasteiger partial charge on any atom is -0.461 e. The quantitative estimate of drug-likeness (QED) is 0.541. The van der Waals surface area contributed by atoms with Gasteiger partial charge in [0.1, 0.15) is 12.4 Å². The van der Waals surface area contributed by atoms with Crippen molar-refractivity contribution in [2.24, 2.45) is 0 Å². The van der Waals surface area contributed by atoms with Crippen molar-refractivity contribution in [2.75, 3.05) is 39.2 Å². The topological polar surface area (TPSA) is 84.9 Å². The Bertz CT molecular complexity index is 1290. The van der Waals surface area contributed by atoms with Crippen LogP contribution in [-0.2, 0) is 30.7 Å². The third-order valence-electron chi connectivity index (χ3n) is 6.18. The highest BCUT2D eigenvalue weighted by atomic mass is 35.5. The Labute approximate surface area is 215 Å². The molecule has 7 nitrogen and oxygen atoms in total. The van der Waals surface area contributed by atoms with Crippen LogP contribution in [-0.4, -0.2) is 58.5 Å². The first-order valence-corrected chi connectivity index (χ1v) is 13.6. The van der Waals surface area contributed by atoms with E-state index in [2.05, 4.69) is 5.32 Å². The molecule has 10 heteroatoms. The number of sulfone groups is 1. The molecule has 0 amide bonds. The Hall–Kier alpha value is -2.72. The van der Waals surface area contributed by atoms with Crippen LogP contribution in [0, 0.1) is 5.82 Å². The summed E-state index contributed by atoms with van der Waals surface area (Å²) in [5.41, 5.74) is 1.69. The Balaban J connectivity index is 1.62. The van der Waals surface area contributed by atoms with E-state index >= 15 is 4.39 Å². The molecule has 2 aliphatic rings. The number of benzene rings is 2. The van der Waals surface area contributed by atoms with E-state index in [1.54, 1.807) is 6.92 Å². The maximum atomic E-state index is 15.1. The highest BCUT2D eigenvalue weighted by Gasteiger charge is 2.43. The number of halogens is 2. The Morgan fingerprint density at radius 2 is 1.97 bits per heavy atom. The van der Waals surface area contributed by atoms with Crippen molar-refractivity contribution >= 4 is 27.4 Å². The summed E-state index contributed by atoms with van der Waals surface area (Å²) in [5.74, 6) is -2.98. The van der Waals surface area contributed by atoms with Gasteiger partial charge < -0.3 is 14.8 Å².